The summed E-state index contributed by atoms with van der Waals surface area (Å²) in [5.74, 6) is 0. The van der Waals surface area contributed by atoms with Crippen LogP contribution < -0.4 is 0 Å². The second-order valence-corrected chi connectivity index (χ2v) is 10.5. The van der Waals surface area contributed by atoms with Gasteiger partial charge in [-0.25, -0.2) is 4.79 Å². The molecule has 0 bridgehead atoms. The fourth-order valence-electron chi connectivity index (χ4n) is 4.52. The molecule has 4 unspecified atom stereocenters. The third kappa shape index (κ3) is 8.61. The molecule has 1 saturated carbocycles. The number of hydrogen-bond donors (Lipinski definition) is 0. The molecule has 0 heterocycles. The van der Waals surface area contributed by atoms with Crippen LogP contribution in [0.5, 0.6) is 0 Å². The van der Waals surface area contributed by atoms with Crippen molar-refractivity contribution in [3.8, 4) is 0 Å². The molecule has 6 heteroatoms. The quantitative estimate of drug-likeness (QED) is 0.319. The third-order valence-corrected chi connectivity index (χ3v) is 6.35. The van der Waals surface area contributed by atoms with Crippen LogP contribution in [-0.2, 0) is 32.2 Å². The van der Waals surface area contributed by atoms with Crippen LogP contribution in [0, 0.1) is 0 Å². The summed E-state index contributed by atoms with van der Waals surface area (Å²) in [4.78, 5) is 14.8. The van der Waals surface area contributed by atoms with Gasteiger partial charge in [-0.05, 0) is 38.3 Å². The Labute approximate surface area is 216 Å². The predicted octanol–water partition coefficient (Wildman–Crippen LogP) is 6.37. The van der Waals surface area contributed by atoms with Gasteiger partial charge in [0.2, 0.25) is 0 Å². The van der Waals surface area contributed by atoms with E-state index in [4.69, 9.17) is 18.9 Å². The van der Waals surface area contributed by atoms with Gasteiger partial charge in [0.1, 0.15) is 11.7 Å². The van der Waals surface area contributed by atoms with Crippen LogP contribution in [0.25, 0.3) is 0 Å². The largest absolute Gasteiger partial charge is 0.444 e. The van der Waals surface area contributed by atoms with Gasteiger partial charge in [0, 0.05) is 20.1 Å². The third-order valence-electron chi connectivity index (χ3n) is 6.35. The van der Waals surface area contributed by atoms with Crippen molar-refractivity contribution in [2.24, 2.45) is 0 Å². The van der Waals surface area contributed by atoms with Crippen LogP contribution >= 0.6 is 0 Å². The topological polar surface area (TPSA) is 57.2 Å². The van der Waals surface area contributed by atoms with E-state index in [1.54, 1.807) is 11.9 Å². The van der Waals surface area contributed by atoms with Gasteiger partial charge in [-0.3, -0.25) is 0 Å². The highest BCUT2D eigenvalue weighted by Crippen LogP contribution is 2.34. The molecule has 0 spiro atoms. The fraction of sp³-hybridized carbons (Fsp3) is 0.567. The van der Waals surface area contributed by atoms with Crippen molar-refractivity contribution in [1.29, 1.82) is 0 Å². The van der Waals surface area contributed by atoms with E-state index in [9.17, 15) is 4.79 Å². The zero-order valence-electron chi connectivity index (χ0n) is 22.5. The van der Waals surface area contributed by atoms with Gasteiger partial charge >= 0.3 is 6.09 Å². The fourth-order valence-corrected chi connectivity index (χ4v) is 4.52. The molecule has 6 nitrogen and oxygen atoms in total. The van der Waals surface area contributed by atoms with Crippen molar-refractivity contribution in [1.82, 2.24) is 4.90 Å². The van der Waals surface area contributed by atoms with E-state index in [0.29, 0.717) is 26.2 Å². The lowest BCUT2D eigenvalue weighted by molar-refractivity contribution is -0.0903. The van der Waals surface area contributed by atoms with Crippen LogP contribution in [0.15, 0.2) is 60.7 Å². The van der Waals surface area contributed by atoms with Gasteiger partial charge in [-0.1, -0.05) is 80.4 Å². The SMILES string of the molecule is CCCCCOC1C(OCc2ccccc2)CC(OCc2ccccc2)C1N(C)C(=O)OC(C)(C)C. The standard InChI is InChI=1S/C30H43NO5/c1-6-7-14-19-33-28-26(35-22-24-17-12-9-13-18-24)20-25(34-21-23-15-10-8-11-16-23)27(28)31(5)29(32)36-30(2,3)4/h8-13,15-18,25-28H,6-7,14,19-22H2,1-5H3. The first-order valence-electron chi connectivity index (χ1n) is 13.2. The molecule has 0 aliphatic heterocycles. The summed E-state index contributed by atoms with van der Waals surface area (Å²) in [6.07, 6.45) is 2.67. The number of ether oxygens (including phenoxy) is 4. The number of carbonyl (C=O) groups is 1. The minimum absolute atomic E-state index is 0.206. The van der Waals surface area contributed by atoms with Gasteiger partial charge < -0.3 is 23.8 Å². The van der Waals surface area contributed by atoms with Crippen molar-refractivity contribution in [2.75, 3.05) is 13.7 Å². The number of benzene rings is 2. The normalized spacial score (nSPS) is 21.9. The van der Waals surface area contributed by atoms with Crippen LogP contribution in [-0.4, -0.2) is 54.6 Å². The molecular formula is C30H43NO5. The molecule has 198 valence electrons. The highest BCUT2D eigenvalue weighted by molar-refractivity contribution is 5.68. The van der Waals surface area contributed by atoms with Gasteiger partial charge in [-0.15, -0.1) is 0 Å². The Morgan fingerprint density at radius 1 is 0.861 bits per heavy atom. The van der Waals surface area contributed by atoms with E-state index < -0.39 is 5.60 Å². The molecule has 36 heavy (non-hydrogen) atoms. The molecule has 1 aliphatic rings. The summed E-state index contributed by atoms with van der Waals surface area (Å²) < 4.78 is 25.0. The van der Waals surface area contributed by atoms with Crippen molar-refractivity contribution < 1.29 is 23.7 Å². The van der Waals surface area contributed by atoms with E-state index >= 15 is 0 Å². The summed E-state index contributed by atoms with van der Waals surface area (Å²) in [6.45, 7) is 9.36. The highest BCUT2D eigenvalue weighted by Gasteiger charge is 2.49. The Morgan fingerprint density at radius 3 is 1.94 bits per heavy atom. The predicted molar refractivity (Wildman–Crippen MR) is 142 cm³/mol. The maximum atomic E-state index is 13.1. The summed E-state index contributed by atoms with van der Waals surface area (Å²) in [5.41, 5.74) is 1.60. The van der Waals surface area contributed by atoms with E-state index in [-0.39, 0.29) is 30.4 Å². The molecule has 3 rings (SSSR count). The monoisotopic (exact) mass is 497 g/mol. The van der Waals surface area contributed by atoms with Gasteiger partial charge in [0.15, 0.2) is 0 Å². The maximum Gasteiger partial charge on any atom is 0.410 e. The Kier molecular flexibility index (Phi) is 10.8. The molecule has 1 aliphatic carbocycles. The highest BCUT2D eigenvalue weighted by atomic mass is 16.6. The van der Waals surface area contributed by atoms with Crippen LogP contribution in [0.2, 0.25) is 0 Å². The van der Waals surface area contributed by atoms with Crippen molar-refractivity contribution in [3.63, 3.8) is 0 Å². The Morgan fingerprint density at radius 2 is 1.42 bits per heavy atom. The molecule has 2 aromatic rings. The molecule has 4 atom stereocenters. The zero-order valence-corrected chi connectivity index (χ0v) is 22.5. The van der Waals surface area contributed by atoms with E-state index in [2.05, 4.69) is 19.1 Å². The van der Waals surface area contributed by atoms with Crippen molar-refractivity contribution in [2.45, 2.75) is 96.5 Å². The number of unbranched alkanes of at least 4 members (excludes halogenated alkanes) is 2. The Bertz CT molecular complexity index is 899. The first-order valence-corrected chi connectivity index (χ1v) is 13.2. The zero-order chi connectivity index (χ0) is 26.0. The second-order valence-electron chi connectivity index (χ2n) is 10.5. The van der Waals surface area contributed by atoms with Crippen molar-refractivity contribution >= 4 is 6.09 Å². The lowest BCUT2D eigenvalue weighted by Gasteiger charge is -2.35. The van der Waals surface area contributed by atoms with Gasteiger partial charge in [0.25, 0.3) is 0 Å². The molecule has 1 amide bonds. The second kappa shape index (κ2) is 13.8. The van der Waals surface area contributed by atoms with Crippen molar-refractivity contribution in [3.05, 3.63) is 71.8 Å². The average molecular weight is 498 g/mol. The lowest BCUT2D eigenvalue weighted by Crippen LogP contribution is -2.51. The first kappa shape index (κ1) is 28.2. The number of carbonyl (C=O) groups excluding carboxylic acids is 1. The summed E-state index contributed by atoms with van der Waals surface area (Å²) >= 11 is 0. The summed E-state index contributed by atoms with van der Waals surface area (Å²) in [5, 5.41) is 0. The van der Waals surface area contributed by atoms with Crippen LogP contribution in [0.3, 0.4) is 0 Å². The number of nitrogens with zero attached hydrogens (tertiary/aromatic N) is 1. The van der Waals surface area contributed by atoms with Crippen LogP contribution in [0.1, 0.15) is 64.5 Å². The van der Waals surface area contributed by atoms with Crippen LogP contribution in [0.4, 0.5) is 4.79 Å². The molecule has 1 fully saturated rings. The lowest BCUT2D eigenvalue weighted by atomic mass is 10.1. The van der Waals surface area contributed by atoms with E-state index in [1.165, 1.54) is 0 Å². The minimum atomic E-state index is -0.592. The molecule has 2 aromatic carbocycles. The molecule has 0 radical (unpaired) electrons. The Hall–Kier alpha value is -2.41. The number of amides is 1. The van der Waals surface area contributed by atoms with Gasteiger partial charge in [0.05, 0.1) is 31.5 Å². The molecule has 0 N–H and O–H groups in total. The van der Waals surface area contributed by atoms with E-state index in [0.717, 1.165) is 30.4 Å². The summed E-state index contributed by atoms with van der Waals surface area (Å²) in [7, 11) is 1.78. The summed E-state index contributed by atoms with van der Waals surface area (Å²) in [6, 6.07) is 19.9. The van der Waals surface area contributed by atoms with Gasteiger partial charge in [-0.2, -0.15) is 0 Å². The smallest absolute Gasteiger partial charge is 0.410 e. The average Bonchev–Trinajstić information content (AvgIpc) is 3.21. The maximum absolute atomic E-state index is 13.1. The molecular weight excluding hydrogens is 454 g/mol. The number of hydrogen-bond acceptors (Lipinski definition) is 5. The minimum Gasteiger partial charge on any atom is -0.444 e. The Balaban J connectivity index is 1.81. The molecule has 0 aromatic heterocycles. The van der Waals surface area contributed by atoms with E-state index in [1.807, 2.05) is 69.3 Å². The first-order chi connectivity index (χ1) is 17.3. The molecule has 0 saturated heterocycles. The number of likely N-dealkylation sites (N-methyl/N-ethyl adjacent to an activating group) is 1. The number of rotatable bonds is 12.